The van der Waals surface area contributed by atoms with Crippen LogP contribution < -0.4 is 14.8 Å². The Bertz CT molecular complexity index is 1130. The van der Waals surface area contributed by atoms with Crippen molar-refractivity contribution >= 4 is 0 Å². The number of aliphatic hydroxyl groups excluding tert-OH is 2. The predicted molar refractivity (Wildman–Crippen MR) is 166 cm³/mol. The number of aliphatic hydroxyl groups is 2. The number of ether oxygens (including phenoxy) is 2. The summed E-state index contributed by atoms with van der Waals surface area (Å²) in [7, 11) is 3.35. The molecular weight excluding hydrogens is 510 g/mol. The largest absolute Gasteiger partial charge is 0.493 e. The summed E-state index contributed by atoms with van der Waals surface area (Å²) in [5.41, 5.74) is 2.70. The first-order valence-corrected chi connectivity index (χ1v) is 16.3. The van der Waals surface area contributed by atoms with Crippen LogP contribution in [0.5, 0.6) is 11.5 Å². The lowest BCUT2D eigenvalue weighted by atomic mass is 9.38. The second-order valence-corrected chi connectivity index (χ2v) is 15.4. The highest BCUT2D eigenvalue weighted by Gasteiger charge is 2.70. The minimum Gasteiger partial charge on any atom is -0.493 e. The van der Waals surface area contributed by atoms with Crippen LogP contribution >= 0.6 is 0 Å². The summed E-state index contributed by atoms with van der Waals surface area (Å²) in [6.07, 6.45) is 10.7. The van der Waals surface area contributed by atoms with Crippen molar-refractivity contribution in [3.05, 3.63) is 35.4 Å². The van der Waals surface area contributed by atoms with Gasteiger partial charge in [0, 0.05) is 17.4 Å². The Labute approximate surface area is 249 Å². The van der Waals surface area contributed by atoms with E-state index in [1.165, 1.54) is 30.4 Å². The average molecular weight is 568 g/mol. The number of benzene rings is 1. The Kier molecular flexibility index (Phi) is 8.42. The summed E-state index contributed by atoms with van der Waals surface area (Å²) in [4.78, 5) is 0. The lowest BCUT2D eigenvalue weighted by Gasteiger charge is -2.67. The van der Waals surface area contributed by atoms with Crippen molar-refractivity contribution in [2.75, 3.05) is 20.8 Å². The second kappa shape index (κ2) is 11.2. The Balaban J connectivity index is 1.24. The topological polar surface area (TPSA) is 71.0 Å². The molecule has 9 atom stereocenters. The maximum Gasteiger partial charge on any atom is 0.161 e. The molecule has 1 aromatic carbocycles. The Morgan fingerprint density at radius 1 is 0.951 bits per heavy atom. The summed E-state index contributed by atoms with van der Waals surface area (Å²) in [6.45, 7) is 16.3. The predicted octanol–water partition coefficient (Wildman–Crippen LogP) is 7.15. The number of hydrogen-bond donors (Lipinski definition) is 3. The highest BCUT2D eigenvalue weighted by atomic mass is 16.5. The molecule has 0 spiro atoms. The minimum absolute atomic E-state index is 0.109. The average Bonchev–Trinajstić information content (AvgIpc) is 3.21. The van der Waals surface area contributed by atoms with Crippen molar-refractivity contribution in [3.63, 3.8) is 0 Å². The summed E-state index contributed by atoms with van der Waals surface area (Å²) in [5.74, 6) is 3.69. The zero-order chi connectivity index (χ0) is 29.8. The van der Waals surface area contributed by atoms with Gasteiger partial charge in [-0.1, -0.05) is 59.3 Å². The molecule has 5 rings (SSSR count). The number of allylic oxidation sites excluding steroid dienone is 1. The van der Waals surface area contributed by atoms with Gasteiger partial charge in [0.15, 0.2) is 11.5 Å². The van der Waals surface area contributed by atoms with Crippen LogP contribution in [0, 0.1) is 45.3 Å². The van der Waals surface area contributed by atoms with E-state index in [9.17, 15) is 10.2 Å². The summed E-state index contributed by atoms with van der Waals surface area (Å²) >= 11 is 0. The third-order valence-corrected chi connectivity index (χ3v) is 13.4. The van der Waals surface area contributed by atoms with Gasteiger partial charge < -0.3 is 25.0 Å². The van der Waals surface area contributed by atoms with Gasteiger partial charge in [0.05, 0.1) is 26.4 Å². The van der Waals surface area contributed by atoms with Crippen LogP contribution in [0.4, 0.5) is 0 Å². The van der Waals surface area contributed by atoms with Crippen LogP contribution in [-0.2, 0) is 6.54 Å². The molecule has 1 aromatic rings. The minimum atomic E-state index is -0.290. The van der Waals surface area contributed by atoms with Gasteiger partial charge in [0.2, 0.25) is 0 Å². The summed E-state index contributed by atoms with van der Waals surface area (Å²) in [5, 5.41) is 26.6. The second-order valence-electron chi connectivity index (χ2n) is 15.4. The molecule has 3 saturated carbocycles. The third kappa shape index (κ3) is 4.77. The molecule has 3 fully saturated rings. The molecule has 41 heavy (non-hydrogen) atoms. The Morgan fingerprint density at radius 2 is 1.68 bits per heavy atom. The maximum atomic E-state index is 12.1. The van der Waals surface area contributed by atoms with Gasteiger partial charge in [-0.2, -0.15) is 0 Å². The van der Waals surface area contributed by atoms with Crippen molar-refractivity contribution in [2.24, 2.45) is 45.3 Å². The SMILES string of the molecule is COc1ccc(CNCCC[C@@H](C)[C@H]2CC[C@@]3(C)[C@@H]4CC=C5[C@@H](CC[C@H](O)C5(C)C)[C@]4(C)[C@H](O)C[C@]23C)cc1OC. The van der Waals surface area contributed by atoms with Crippen LogP contribution in [0.25, 0.3) is 0 Å². The fourth-order valence-corrected chi connectivity index (χ4v) is 10.6. The van der Waals surface area contributed by atoms with E-state index in [-0.39, 0.29) is 33.9 Å². The zero-order valence-electron chi connectivity index (χ0n) is 27.1. The first-order chi connectivity index (χ1) is 19.3. The van der Waals surface area contributed by atoms with Gasteiger partial charge in [-0.15, -0.1) is 0 Å². The first kappa shape index (κ1) is 30.9. The molecular formula is C36H57NO4. The van der Waals surface area contributed by atoms with Crippen molar-refractivity contribution in [2.45, 2.75) is 112 Å². The summed E-state index contributed by atoms with van der Waals surface area (Å²) in [6, 6.07) is 6.12. The molecule has 0 bridgehead atoms. The lowest BCUT2D eigenvalue weighted by molar-refractivity contribution is -0.204. The van der Waals surface area contributed by atoms with E-state index in [2.05, 4.69) is 65.1 Å². The van der Waals surface area contributed by atoms with E-state index in [1.807, 2.05) is 6.07 Å². The molecule has 5 nitrogen and oxygen atoms in total. The summed E-state index contributed by atoms with van der Waals surface area (Å²) < 4.78 is 10.8. The normalized spacial score (nSPS) is 40.1. The van der Waals surface area contributed by atoms with E-state index in [4.69, 9.17) is 9.47 Å². The molecule has 0 aromatic heterocycles. The molecule has 5 heteroatoms. The molecule has 3 N–H and O–H groups in total. The third-order valence-electron chi connectivity index (χ3n) is 13.4. The fraction of sp³-hybridized carbons (Fsp3) is 0.778. The first-order valence-electron chi connectivity index (χ1n) is 16.3. The van der Waals surface area contributed by atoms with E-state index < -0.39 is 0 Å². The van der Waals surface area contributed by atoms with Gasteiger partial charge in [0.1, 0.15) is 0 Å². The standard InChI is InChI=1S/C36H57NO4/c1-23(10-9-19-37-22-24-11-14-28(40-7)29(20-24)41-8)25-17-18-34(4)30-15-12-26-27(13-16-31(38)33(26,2)3)36(30,6)32(39)21-35(25,34)5/h11-12,14,20,23,25,27,30-32,37-39H,9-10,13,15-19,21-22H2,1-8H3/t23-,25-,27-,30+,31+,32-,34+,35-,36+/m1/s1. The number of fused-ring (bicyclic) bond motifs is 5. The van der Waals surface area contributed by atoms with Gasteiger partial charge in [-0.05, 0) is 110 Å². The lowest BCUT2D eigenvalue weighted by Crippen LogP contribution is -2.64. The molecule has 0 heterocycles. The van der Waals surface area contributed by atoms with Crippen LogP contribution in [0.2, 0.25) is 0 Å². The van der Waals surface area contributed by atoms with Crippen molar-refractivity contribution in [3.8, 4) is 11.5 Å². The maximum absolute atomic E-state index is 12.1. The van der Waals surface area contributed by atoms with E-state index in [0.29, 0.717) is 23.7 Å². The molecule has 0 radical (unpaired) electrons. The van der Waals surface area contributed by atoms with Gasteiger partial charge in [-0.3, -0.25) is 0 Å². The van der Waals surface area contributed by atoms with Gasteiger partial charge >= 0.3 is 0 Å². The number of nitrogens with one attached hydrogen (secondary N) is 1. The number of methoxy groups -OCH3 is 2. The zero-order valence-corrected chi connectivity index (χ0v) is 27.1. The highest BCUT2D eigenvalue weighted by molar-refractivity contribution is 5.42. The Morgan fingerprint density at radius 3 is 2.39 bits per heavy atom. The fourth-order valence-electron chi connectivity index (χ4n) is 10.6. The number of hydrogen-bond acceptors (Lipinski definition) is 5. The van der Waals surface area contributed by atoms with Crippen molar-refractivity contribution in [1.82, 2.24) is 5.32 Å². The van der Waals surface area contributed by atoms with Gasteiger partial charge in [0.25, 0.3) is 0 Å². The molecule has 4 aliphatic rings. The van der Waals surface area contributed by atoms with E-state index >= 15 is 0 Å². The monoisotopic (exact) mass is 567 g/mol. The van der Waals surface area contributed by atoms with Crippen LogP contribution in [0.3, 0.4) is 0 Å². The van der Waals surface area contributed by atoms with Crippen molar-refractivity contribution in [1.29, 1.82) is 0 Å². The smallest absolute Gasteiger partial charge is 0.161 e. The highest BCUT2D eigenvalue weighted by Crippen LogP contribution is 2.74. The molecule has 0 unspecified atom stereocenters. The van der Waals surface area contributed by atoms with Crippen LogP contribution in [0.1, 0.15) is 98.5 Å². The molecule has 0 amide bonds. The molecule has 0 saturated heterocycles. The molecule has 4 aliphatic carbocycles. The molecule has 0 aliphatic heterocycles. The quantitative estimate of drug-likeness (QED) is 0.218. The van der Waals surface area contributed by atoms with Crippen LogP contribution in [0.15, 0.2) is 29.8 Å². The van der Waals surface area contributed by atoms with Gasteiger partial charge in [-0.25, -0.2) is 0 Å². The number of rotatable bonds is 9. The van der Waals surface area contributed by atoms with Crippen LogP contribution in [-0.4, -0.2) is 43.2 Å². The Hall–Kier alpha value is -1.56. The molecule has 230 valence electrons. The van der Waals surface area contributed by atoms with E-state index in [0.717, 1.165) is 56.7 Å². The van der Waals surface area contributed by atoms with Crippen molar-refractivity contribution < 1.29 is 19.7 Å². The van der Waals surface area contributed by atoms with E-state index in [1.54, 1.807) is 14.2 Å².